The first-order valence-corrected chi connectivity index (χ1v) is 6.72. The van der Waals surface area contributed by atoms with Gasteiger partial charge >= 0.3 is 0 Å². The number of phenols is 1. The first kappa shape index (κ1) is 12.1. The topological polar surface area (TPSA) is 50.1 Å². The molecule has 1 atom stereocenters. The second kappa shape index (κ2) is 4.61. The van der Waals surface area contributed by atoms with Gasteiger partial charge in [0.2, 0.25) is 0 Å². The second-order valence-corrected chi connectivity index (χ2v) is 5.27. The predicted octanol–water partition coefficient (Wildman–Crippen LogP) is 2.92. The first-order chi connectivity index (χ1) is 9.13. The van der Waals surface area contributed by atoms with Gasteiger partial charge in [-0.2, -0.15) is 5.10 Å². The maximum atomic E-state index is 9.58. The van der Waals surface area contributed by atoms with Gasteiger partial charge in [0.1, 0.15) is 5.75 Å². The van der Waals surface area contributed by atoms with Crippen LogP contribution in [0.4, 0.5) is 5.69 Å². The van der Waals surface area contributed by atoms with Crippen LogP contribution in [0.2, 0.25) is 0 Å². The van der Waals surface area contributed by atoms with E-state index in [4.69, 9.17) is 0 Å². The monoisotopic (exact) mass is 257 g/mol. The third kappa shape index (κ3) is 2.30. The van der Waals surface area contributed by atoms with Crippen LogP contribution >= 0.6 is 0 Å². The molecule has 4 heteroatoms. The molecule has 3 rings (SSSR count). The normalized spacial score (nSPS) is 18.1. The SMILES string of the molecule is Cc1nn(C)cc1NC1CCCc2cc(O)ccc21. The van der Waals surface area contributed by atoms with Gasteiger partial charge in [0, 0.05) is 13.2 Å². The quantitative estimate of drug-likeness (QED) is 0.869. The third-order valence-electron chi connectivity index (χ3n) is 3.78. The third-order valence-corrected chi connectivity index (χ3v) is 3.78. The van der Waals surface area contributed by atoms with Crippen LogP contribution in [0.3, 0.4) is 0 Å². The van der Waals surface area contributed by atoms with Crippen molar-refractivity contribution in [2.45, 2.75) is 32.2 Å². The van der Waals surface area contributed by atoms with Crippen molar-refractivity contribution in [2.75, 3.05) is 5.32 Å². The van der Waals surface area contributed by atoms with Gasteiger partial charge in [0.15, 0.2) is 0 Å². The van der Waals surface area contributed by atoms with E-state index in [2.05, 4.69) is 10.4 Å². The average molecular weight is 257 g/mol. The van der Waals surface area contributed by atoms with Gasteiger partial charge in [-0.05, 0) is 49.4 Å². The highest BCUT2D eigenvalue weighted by atomic mass is 16.3. The number of benzene rings is 1. The van der Waals surface area contributed by atoms with Crippen molar-refractivity contribution < 1.29 is 5.11 Å². The summed E-state index contributed by atoms with van der Waals surface area (Å²) in [5, 5.41) is 17.5. The van der Waals surface area contributed by atoms with E-state index in [0.29, 0.717) is 11.8 Å². The molecule has 1 aromatic heterocycles. The lowest BCUT2D eigenvalue weighted by Crippen LogP contribution is -2.17. The van der Waals surface area contributed by atoms with Crippen molar-refractivity contribution in [2.24, 2.45) is 7.05 Å². The van der Waals surface area contributed by atoms with E-state index in [0.717, 1.165) is 30.6 Å². The highest BCUT2D eigenvalue weighted by Gasteiger charge is 2.21. The Morgan fingerprint density at radius 3 is 3.00 bits per heavy atom. The Morgan fingerprint density at radius 2 is 2.26 bits per heavy atom. The van der Waals surface area contributed by atoms with Crippen LogP contribution in [-0.4, -0.2) is 14.9 Å². The Morgan fingerprint density at radius 1 is 1.42 bits per heavy atom. The van der Waals surface area contributed by atoms with E-state index < -0.39 is 0 Å². The van der Waals surface area contributed by atoms with Gasteiger partial charge in [0.05, 0.1) is 17.4 Å². The highest BCUT2D eigenvalue weighted by Crippen LogP contribution is 2.34. The van der Waals surface area contributed by atoms with Crippen molar-refractivity contribution in [3.8, 4) is 5.75 Å². The van der Waals surface area contributed by atoms with Crippen LogP contribution in [0, 0.1) is 6.92 Å². The summed E-state index contributed by atoms with van der Waals surface area (Å²) in [5.74, 6) is 0.358. The highest BCUT2D eigenvalue weighted by molar-refractivity contribution is 5.50. The molecule has 1 unspecified atom stereocenters. The minimum Gasteiger partial charge on any atom is -0.508 e. The molecule has 0 saturated heterocycles. The van der Waals surface area contributed by atoms with Gasteiger partial charge in [-0.1, -0.05) is 6.07 Å². The zero-order chi connectivity index (χ0) is 13.4. The van der Waals surface area contributed by atoms with Crippen LogP contribution in [-0.2, 0) is 13.5 Å². The van der Waals surface area contributed by atoms with Gasteiger partial charge < -0.3 is 10.4 Å². The molecule has 2 aromatic rings. The molecule has 100 valence electrons. The number of aryl methyl sites for hydroxylation is 3. The number of aromatic nitrogens is 2. The summed E-state index contributed by atoms with van der Waals surface area (Å²) in [4.78, 5) is 0. The molecule has 0 radical (unpaired) electrons. The van der Waals surface area contributed by atoms with Gasteiger partial charge in [-0.25, -0.2) is 0 Å². The fourth-order valence-corrected chi connectivity index (χ4v) is 2.88. The zero-order valence-electron chi connectivity index (χ0n) is 11.3. The summed E-state index contributed by atoms with van der Waals surface area (Å²) in [6, 6.07) is 6.01. The number of hydrogen-bond donors (Lipinski definition) is 2. The molecular weight excluding hydrogens is 238 g/mol. The van der Waals surface area contributed by atoms with Crippen molar-refractivity contribution in [3.63, 3.8) is 0 Å². The molecule has 1 aromatic carbocycles. The fourth-order valence-electron chi connectivity index (χ4n) is 2.88. The molecular formula is C15H19N3O. The largest absolute Gasteiger partial charge is 0.508 e. The number of nitrogens with zero attached hydrogens (tertiary/aromatic N) is 2. The first-order valence-electron chi connectivity index (χ1n) is 6.72. The summed E-state index contributed by atoms with van der Waals surface area (Å²) < 4.78 is 1.83. The van der Waals surface area contributed by atoms with Crippen molar-refractivity contribution in [3.05, 3.63) is 41.2 Å². The Labute approximate surface area is 113 Å². The Hall–Kier alpha value is -1.97. The van der Waals surface area contributed by atoms with E-state index in [1.54, 1.807) is 6.07 Å². The number of fused-ring (bicyclic) bond motifs is 1. The van der Waals surface area contributed by atoms with E-state index >= 15 is 0 Å². The molecule has 1 aliphatic carbocycles. The molecule has 0 bridgehead atoms. The summed E-state index contributed by atoms with van der Waals surface area (Å²) in [6.45, 7) is 2.02. The molecule has 2 N–H and O–H groups in total. The number of nitrogens with one attached hydrogen (secondary N) is 1. The summed E-state index contributed by atoms with van der Waals surface area (Å²) in [6.07, 6.45) is 5.33. The minimum atomic E-state index is 0.312. The Bertz CT molecular complexity index is 603. The molecule has 19 heavy (non-hydrogen) atoms. The van der Waals surface area contributed by atoms with Crippen molar-refractivity contribution >= 4 is 5.69 Å². The van der Waals surface area contributed by atoms with Crippen LogP contribution in [0.25, 0.3) is 0 Å². The summed E-state index contributed by atoms with van der Waals surface area (Å²) >= 11 is 0. The van der Waals surface area contributed by atoms with Crippen LogP contribution < -0.4 is 5.32 Å². The molecule has 0 spiro atoms. The van der Waals surface area contributed by atoms with E-state index in [9.17, 15) is 5.11 Å². The van der Waals surface area contributed by atoms with Crippen LogP contribution in [0.5, 0.6) is 5.75 Å². The maximum absolute atomic E-state index is 9.58. The number of rotatable bonds is 2. The number of phenolic OH excluding ortho intramolecular Hbond substituents is 1. The zero-order valence-corrected chi connectivity index (χ0v) is 11.3. The minimum absolute atomic E-state index is 0.312. The van der Waals surface area contributed by atoms with E-state index in [1.165, 1.54) is 11.1 Å². The van der Waals surface area contributed by atoms with Crippen molar-refractivity contribution in [1.82, 2.24) is 9.78 Å². The maximum Gasteiger partial charge on any atom is 0.115 e. The molecule has 0 fully saturated rings. The van der Waals surface area contributed by atoms with E-state index in [1.807, 2.05) is 37.0 Å². The lowest BCUT2D eigenvalue weighted by atomic mass is 9.87. The Balaban J connectivity index is 1.89. The van der Waals surface area contributed by atoms with Crippen LogP contribution in [0.1, 0.15) is 35.7 Å². The van der Waals surface area contributed by atoms with Gasteiger partial charge in [-0.3, -0.25) is 4.68 Å². The fraction of sp³-hybridized carbons (Fsp3) is 0.400. The number of anilines is 1. The standard InChI is InChI=1S/C15H19N3O/c1-10-15(9-18(2)17-10)16-14-5-3-4-11-8-12(19)6-7-13(11)14/h6-9,14,16,19H,3-5H2,1-2H3. The van der Waals surface area contributed by atoms with Gasteiger partial charge in [-0.15, -0.1) is 0 Å². The van der Waals surface area contributed by atoms with Crippen molar-refractivity contribution in [1.29, 1.82) is 0 Å². The average Bonchev–Trinajstić information content (AvgIpc) is 2.68. The molecule has 0 amide bonds. The molecule has 0 aliphatic heterocycles. The number of aromatic hydroxyl groups is 1. The summed E-state index contributed by atoms with van der Waals surface area (Å²) in [7, 11) is 1.94. The van der Waals surface area contributed by atoms with E-state index in [-0.39, 0.29) is 0 Å². The van der Waals surface area contributed by atoms with Gasteiger partial charge in [0.25, 0.3) is 0 Å². The molecule has 4 nitrogen and oxygen atoms in total. The lowest BCUT2D eigenvalue weighted by Gasteiger charge is -2.27. The molecule has 1 aliphatic rings. The molecule has 1 heterocycles. The predicted molar refractivity (Wildman–Crippen MR) is 75.4 cm³/mol. The summed E-state index contributed by atoms with van der Waals surface area (Å²) in [5.41, 5.74) is 4.67. The number of hydrogen-bond acceptors (Lipinski definition) is 3. The molecule has 0 saturated carbocycles. The lowest BCUT2D eigenvalue weighted by molar-refractivity contribution is 0.472. The second-order valence-electron chi connectivity index (χ2n) is 5.27. The smallest absolute Gasteiger partial charge is 0.115 e. The Kier molecular flexibility index (Phi) is 2.93. The van der Waals surface area contributed by atoms with Crippen LogP contribution in [0.15, 0.2) is 24.4 Å².